The average Bonchev–Trinajstić information content (AvgIpc) is 3.67. The molecular formula is C56H36S. The van der Waals surface area contributed by atoms with Gasteiger partial charge in [0.2, 0.25) is 0 Å². The van der Waals surface area contributed by atoms with Crippen LogP contribution in [0.25, 0.3) is 85.9 Å². The largest absolute Gasteiger partial charge is 0.135 e. The SMILES string of the molecule is C1=CC2C(c3ccccc3)=c3ccccc3=C(c3cccc4c3sc3cccc(-c5c6ccccc6c(-c6ccc7ccccc7c6)c6ccccc56)c34)C2C=C1. The molecule has 2 atom stereocenters. The van der Waals surface area contributed by atoms with E-state index in [2.05, 4.69) is 206 Å². The molecule has 0 aliphatic heterocycles. The second kappa shape index (κ2) is 12.9. The smallest absolute Gasteiger partial charge is 0.0431 e. The second-order valence-corrected chi connectivity index (χ2v) is 16.5. The Kier molecular flexibility index (Phi) is 7.33. The first-order chi connectivity index (χ1) is 28.3. The van der Waals surface area contributed by atoms with E-state index in [9.17, 15) is 0 Å². The van der Waals surface area contributed by atoms with Gasteiger partial charge in [-0.15, -0.1) is 11.3 Å². The summed E-state index contributed by atoms with van der Waals surface area (Å²) in [6.07, 6.45) is 9.34. The molecule has 0 amide bonds. The summed E-state index contributed by atoms with van der Waals surface area (Å²) in [5.41, 5.74) is 10.6. The fraction of sp³-hybridized carbons (Fsp3) is 0.0357. The number of allylic oxidation sites excluding steroid dienone is 4. The molecule has 1 aromatic heterocycles. The number of hydrogen-bond acceptors (Lipinski definition) is 1. The minimum atomic E-state index is 0.228. The number of hydrogen-bond donors (Lipinski definition) is 0. The number of benzene rings is 9. The van der Waals surface area contributed by atoms with Crippen molar-refractivity contribution in [3.05, 3.63) is 228 Å². The molecule has 0 bridgehead atoms. The summed E-state index contributed by atoms with van der Waals surface area (Å²) in [6.45, 7) is 0. The standard InChI is InChI=1S/C56H36S/c1-2-17-36(18-3-1)51-39-20-6-12-26-45(39)54(46-27-13-7-21-40(46)51)48-29-14-30-49-55-47(28-15-31-50(55)57-56(48)49)53-43-24-10-8-22-41(43)52(42-23-9-11-25-44(42)53)38-33-32-35-16-4-5-19-37(35)34-38/h1-34,39,45H. The van der Waals surface area contributed by atoms with Crippen molar-refractivity contribution < 1.29 is 0 Å². The van der Waals surface area contributed by atoms with Gasteiger partial charge in [0.1, 0.15) is 0 Å². The van der Waals surface area contributed by atoms with Gasteiger partial charge in [-0.2, -0.15) is 0 Å². The summed E-state index contributed by atoms with van der Waals surface area (Å²) in [4.78, 5) is 0. The molecule has 2 unspecified atom stereocenters. The lowest BCUT2D eigenvalue weighted by atomic mass is 9.70. The van der Waals surface area contributed by atoms with Gasteiger partial charge in [-0.1, -0.05) is 194 Å². The normalized spacial score (nSPS) is 16.2. The van der Waals surface area contributed by atoms with Crippen LogP contribution in [-0.2, 0) is 0 Å². The lowest BCUT2D eigenvalue weighted by Crippen LogP contribution is -2.40. The predicted molar refractivity (Wildman–Crippen MR) is 245 cm³/mol. The van der Waals surface area contributed by atoms with Crippen LogP contribution in [0.1, 0.15) is 11.1 Å². The first-order valence-electron chi connectivity index (χ1n) is 19.9. The minimum absolute atomic E-state index is 0.228. The molecular weight excluding hydrogens is 705 g/mol. The Bertz CT molecular complexity index is 3410. The van der Waals surface area contributed by atoms with Crippen LogP contribution in [0.15, 0.2) is 206 Å². The van der Waals surface area contributed by atoms with E-state index in [0.717, 1.165) is 0 Å². The van der Waals surface area contributed by atoms with Crippen molar-refractivity contribution in [3.8, 4) is 22.3 Å². The molecule has 266 valence electrons. The van der Waals surface area contributed by atoms with Crippen LogP contribution in [0.3, 0.4) is 0 Å². The molecule has 0 spiro atoms. The molecule has 10 aromatic rings. The van der Waals surface area contributed by atoms with Crippen molar-refractivity contribution in [2.24, 2.45) is 11.8 Å². The zero-order valence-electron chi connectivity index (χ0n) is 31.2. The highest BCUT2D eigenvalue weighted by Gasteiger charge is 2.33. The Hall–Kier alpha value is -6.80. The molecule has 9 aromatic carbocycles. The first kappa shape index (κ1) is 32.4. The third-order valence-corrected chi connectivity index (χ3v) is 13.6. The quantitative estimate of drug-likeness (QED) is 0.158. The van der Waals surface area contributed by atoms with Gasteiger partial charge in [0.25, 0.3) is 0 Å². The van der Waals surface area contributed by atoms with Crippen LogP contribution in [-0.4, -0.2) is 0 Å². The molecule has 57 heavy (non-hydrogen) atoms. The van der Waals surface area contributed by atoms with Gasteiger partial charge in [0, 0.05) is 32.0 Å². The van der Waals surface area contributed by atoms with Crippen LogP contribution in [0.2, 0.25) is 0 Å². The Morgan fingerprint density at radius 3 is 1.67 bits per heavy atom. The number of rotatable bonds is 4. The van der Waals surface area contributed by atoms with Crippen molar-refractivity contribution in [1.29, 1.82) is 0 Å². The second-order valence-electron chi connectivity index (χ2n) is 15.4. The van der Waals surface area contributed by atoms with Gasteiger partial charge in [0.15, 0.2) is 0 Å². The van der Waals surface area contributed by atoms with Gasteiger partial charge < -0.3 is 0 Å². The monoisotopic (exact) mass is 740 g/mol. The van der Waals surface area contributed by atoms with Gasteiger partial charge in [-0.05, 0) is 99.4 Å². The number of fused-ring (bicyclic) bond motifs is 8. The maximum atomic E-state index is 2.44. The van der Waals surface area contributed by atoms with E-state index in [1.807, 2.05) is 11.3 Å². The summed E-state index contributed by atoms with van der Waals surface area (Å²) in [7, 11) is 0. The van der Waals surface area contributed by atoms with Crippen molar-refractivity contribution in [3.63, 3.8) is 0 Å². The van der Waals surface area contributed by atoms with E-state index >= 15 is 0 Å². The van der Waals surface area contributed by atoms with E-state index in [-0.39, 0.29) is 11.8 Å². The lowest BCUT2D eigenvalue weighted by molar-refractivity contribution is 0.687. The van der Waals surface area contributed by atoms with Crippen molar-refractivity contribution in [1.82, 2.24) is 0 Å². The highest BCUT2D eigenvalue weighted by atomic mass is 32.1. The fourth-order valence-corrected chi connectivity index (χ4v) is 11.4. The highest BCUT2D eigenvalue weighted by Crippen LogP contribution is 2.50. The Morgan fingerprint density at radius 1 is 0.368 bits per heavy atom. The lowest BCUT2D eigenvalue weighted by Gasteiger charge is -2.33. The average molecular weight is 741 g/mol. The maximum absolute atomic E-state index is 2.44. The van der Waals surface area contributed by atoms with Crippen LogP contribution in [0, 0.1) is 11.8 Å². The van der Waals surface area contributed by atoms with Crippen LogP contribution >= 0.6 is 11.3 Å². The maximum Gasteiger partial charge on any atom is 0.0431 e. The van der Waals surface area contributed by atoms with Gasteiger partial charge in [-0.3, -0.25) is 0 Å². The summed E-state index contributed by atoms with van der Waals surface area (Å²) in [5, 5.41) is 13.0. The van der Waals surface area contributed by atoms with E-state index in [1.165, 1.54) is 107 Å². The number of thiophene rings is 1. The Morgan fingerprint density at radius 2 is 0.930 bits per heavy atom. The molecule has 0 saturated carbocycles. The molecule has 1 heterocycles. The molecule has 0 saturated heterocycles. The summed E-state index contributed by atoms with van der Waals surface area (Å²) < 4.78 is 2.68. The van der Waals surface area contributed by atoms with Gasteiger partial charge in [-0.25, -0.2) is 0 Å². The van der Waals surface area contributed by atoms with Crippen molar-refractivity contribution in [2.45, 2.75) is 0 Å². The third kappa shape index (κ3) is 4.92. The molecule has 1 heteroatoms. The molecule has 2 aliphatic rings. The van der Waals surface area contributed by atoms with Crippen LogP contribution < -0.4 is 10.4 Å². The van der Waals surface area contributed by atoms with Gasteiger partial charge >= 0.3 is 0 Å². The Balaban J connectivity index is 1.15. The van der Waals surface area contributed by atoms with E-state index < -0.39 is 0 Å². The van der Waals surface area contributed by atoms with E-state index in [1.54, 1.807) is 0 Å². The topological polar surface area (TPSA) is 0 Å². The fourth-order valence-electron chi connectivity index (χ4n) is 10.1. The van der Waals surface area contributed by atoms with Crippen molar-refractivity contribution >= 4 is 75.0 Å². The molecule has 2 aliphatic carbocycles. The van der Waals surface area contributed by atoms with Crippen LogP contribution in [0.4, 0.5) is 0 Å². The summed E-state index contributed by atoms with van der Waals surface area (Å²) in [6, 6.07) is 67.8. The third-order valence-electron chi connectivity index (χ3n) is 12.4. The van der Waals surface area contributed by atoms with Gasteiger partial charge in [0.05, 0.1) is 0 Å². The molecule has 0 fully saturated rings. The molecule has 12 rings (SSSR count). The molecule has 0 nitrogen and oxygen atoms in total. The van der Waals surface area contributed by atoms with Crippen molar-refractivity contribution in [2.75, 3.05) is 0 Å². The zero-order valence-corrected chi connectivity index (χ0v) is 32.0. The summed E-state index contributed by atoms with van der Waals surface area (Å²) in [5.74, 6) is 0.479. The van der Waals surface area contributed by atoms with E-state index in [0.29, 0.717) is 0 Å². The zero-order chi connectivity index (χ0) is 37.5. The highest BCUT2D eigenvalue weighted by molar-refractivity contribution is 7.26. The van der Waals surface area contributed by atoms with E-state index in [4.69, 9.17) is 0 Å². The minimum Gasteiger partial charge on any atom is -0.135 e. The first-order valence-corrected chi connectivity index (χ1v) is 20.7. The van der Waals surface area contributed by atoms with Crippen LogP contribution in [0.5, 0.6) is 0 Å². The Labute approximate surface area is 335 Å². The molecule has 0 N–H and O–H groups in total. The molecule has 0 radical (unpaired) electrons. The predicted octanol–water partition coefficient (Wildman–Crippen LogP) is 13.6. The summed E-state index contributed by atoms with van der Waals surface area (Å²) >= 11 is 1.94.